The van der Waals surface area contributed by atoms with Gasteiger partial charge in [-0.1, -0.05) is 35.5 Å². The largest absolute Gasteiger partial charge is 0.378 e. The second-order valence-corrected chi connectivity index (χ2v) is 6.79. The van der Waals surface area contributed by atoms with Crippen LogP contribution in [0.1, 0.15) is 23.2 Å². The molecule has 0 aliphatic carbocycles. The summed E-state index contributed by atoms with van der Waals surface area (Å²) in [6.45, 7) is 4.94. The average Bonchev–Trinajstić information content (AvgIpc) is 3.26. The molecule has 1 atom stereocenters. The van der Waals surface area contributed by atoms with Crippen molar-refractivity contribution in [2.75, 3.05) is 19.8 Å². The monoisotopic (exact) mass is 341 g/mol. The van der Waals surface area contributed by atoms with Crippen molar-refractivity contribution in [2.45, 2.75) is 19.5 Å². The maximum Gasteiger partial charge on any atom is 0.133 e. The molecule has 1 fully saturated rings. The highest BCUT2D eigenvalue weighted by atomic mass is 32.1. The SMILES string of the molecule is Cc1cc(CN2CCOC[C@@H]2c2csc(-c3ccccc3)n2)no1. The lowest BCUT2D eigenvalue weighted by Crippen LogP contribution is -2.39. The summed E-state index contributed by atoms with van der Waals surface area (Å²) >= 11 is 1.68. The van der Waals surface area contributed by atoms with Gasteiger partial charge >= 0.3 is 0 Å². The smallest absolute Gasteiger partial charge is 0.133 e. The van der Waals surface area contributed by atoms with E-state index in [4.69, 9.17) is 14.2 Å². The standard InChI is InChI=1S/C18H19N3O2S/c1-13-9-15(20-23-13)10-21-7-8-22-11-17(21)16-12-24-18(19-16)14-5-3-2-4-6-14/h2-6,9,12,17H,7-8,10-11H2,1H3/t17-/m1/s1. The van der Waals surface area contributed by atoms with Gasteiger partial charge in [0.1, 0.15) is 10.8 Å². The van der Waals surface area contributed by atoms with E-state index in [1.165, 1.54) is 0 Å². The third kappa shape index (κ3) is 3.26. The van der Waals surface area contributed by atoms with Gasteiger partial charge in [-0.15, -0.1) is 11.3 Å². The molecular weight excluding hydrogens is 322 g/mol. The first-order valence-electron chi connectivity index (χ1n) is 8.04. The number of morpholine rings is 1. The van der Waals surface area contributed by atoms with Crippen LogP contribution in [0, 0.1) is 6.92 Å². The maximum absolute atomic E-state index is 5.70. The summed E-state index contributed by atoms with van der Waals surface area (Å²) in [6, 6.07) is 12.4. The van der Waals surface area contributed by atoms with E-state index in [0.29, 0.717) is 6.61 Å². The summed E-state index contributed by atoms with van der Waals surface area (Å²) in [7, 11) is 0. The molecule has 0 amide bonds. The fraction of sp³-hybridized carbons (Fsp3) is 0.333. The number of benzene rings is 1. The van der Waals surface area contributed by atoms with Crippen LogP contribution in [0.3, 0.4) is 0 Å². The lowest BCUT2D eigenvalue weighted by molar-refractivity contribution is -0.0149. The van der Waals surface area contributed by atoms with E-state index >= 15 is 0 Å². The zero-order chi connectivity index (χ0) is 16.4. The Hall–Kier alpha value is -2.02. The Balaban J connectivity index is 1.55. The molecule has 1 saturated heterocycles. The number of hydrogen-bond acceptors (Lipinski definition) is 6. The molecule has 0 unspecified atom stereocenters. The van der Waals surface area contributed by atoms with Gasteiger partial charge < -0.3 is 9.26 Å². The fourth-order valence-corrected chi connectivity index (χ4v) is 3.83. The highest BCUT2D eigenvalue weighted by Crippen LogP contribution is 2.30. The van der Waals surface area contributed by atoms with E-state index in [0.717, 1.165) is 47.4 Å². The van der Waals surface area contributed by atoms with Gasteiger partial charge in [0, 0.05) is 30.1 Å². The number of rotatable bonds is 4. The Morgan fingerprint density at radius 1 is 1.29 bits per heavy atom. The zero-order valence-corrected chi connectivity index (χ0v) is 14.3. The summed E-state index contributed by atoms with van der Waals surface area (Å²) in [4.78, 5) is 7.22. The molecule has 0 spiro atoms. The van der Waals surface area contributed by atoms with Crippen molar-refractivity contribution in [2.24, 2.45) is 0 Å². The van der Waals surface area contributed by atoms with Gasteiger partial charge in [0.2, 0.25) is 0 Å². The molecule has 124 valence electrons. The Bertz CT molecular complexity index is 799. The first-order chi connectivity index (χ1) is 11.8. The van der Waals surface area contributed by atoms with Crippen molar-refractivity contribution in [3.05, 3.63) is 58.9 Å². The summed E-state index contributed by atoms with van der Waals surface area (Å²) in [5.41, 5.74) is 3.18. The van der Waals surface area contributed by atoms with E-state index in [-0.39, 0.29) is 6.04 Å². The molecule has 1 aromatic carbocycles. The first kappa shape index (κ1) is 15.5. The molecule has 0 N–H and O–H groups in total. The zero-order valence-electron chi connectivity index (χ0n) is 13.5. The minimum Gasteiger partial charge on any atom is -0.378 e. The minimum atomic E-state index is 0.157. The molecule has 5 nitrogen and oxygen atoms in total. The van der Waals surface area contributed by atoms with Gasteiger partial charge in [-0.05, 0) is 6.92 Å². The summed E-state index contributed by atoms with van der Waals surface area (Å²) < 4.78 is 10.9. The van der Waals surface area contributed by atoms with Gasteiger partial charge in [0.15, 0.2) is 0 Å². The van der Waals surface area contributed by atoms with Crippen LogP contribution in [-0.4, -0.2) is 34.8 Å². The van der Waals surface area contributed by atoms with Crippen LogP contribution in [0.15, 0.2) is 46.3 Å². The van der Waals surface area contributed by atoms with Crippen LogP contribution in [0.4, 0.5) is 0 Å². The molecule has 6 heteroatoms. The van der Waals surface area contributed by atoms with Crippen molar-refractivity contribution in [1.82, 2.24) is 15.0 Å². The van der Waals surface area contributed by atoms with Crippen LogP contribution in [0.25, 0.3) is 10.6 Å². The van der Waals surface area contributed by atoms with Crippen LogP contribution >= 0.6 is 11.3 Å². The molecular formula is C18H19N3O2S. The van der Waals surface area contributed by atoms with Crippen molar-refractivity contribution in [1.29, 1.82) is 0 Å². The fourth-order valence-electron chi connectivity index (χ4n) is 2.95. The van der Waals surface area contributed by atoms with E-state index < -0.39 is 0 Å². The second kappa shape index (κ2) is 6.84. The molecule has 0 saturated carbocycles. The minimum absolute atomic E-state index is 0.157. The van der Waals surface area contributed by atoms with Crippen molar-refractivity contribution in [3.63, 3.8) is 0 Å². The number of nitrogens with zero attached hydrogens (tertiary/aromatic N) is 3. The number of aryl methyl sites for hydroxylation is 1. The molecule has 4 rings (SSSR count). The number of thiazole rings is 1. The number of aromatic nitrogens is 2. The number of ether oxygens (including phenoxy) is 1. The normalized spacial score (nSPS) is 18.8. The van der Waals surface area contributed by atoms with Crippen LogP contribution in [0.5, 0.6) is 0 Å². The van der Waals surface area contributed by atoms with E-state index in [1.807, 2.05) is 31.2 Å². The predicted octanol–water partition coefficient (Wildman–Crippen LogP) is 3.68. The summed E-state index contributed by atoms with van der Waals surface area (Å²) in [5, 5.41) is 7.31. The van der Waals surface area contributed by atoms with Gasteiger partial charge in [0.25, 0.3) is 0 Å². The summed E-state index contributed by atoms with van der Waals surface area (Å²) in [6.07, 6.45) is 0. The topological polar surface area (TPSA) is 51.4 Å². The molecule has 0 radical (unpaired) electrons. The van der Waals surface area contributed by atoms with Gasteiger partial charge in [-0.25, -0.2) is 4.98 Å². The van der Waals surface area contributed by atoms with Gasteiger partial charge in [0.05, 0.1) is 30.6 Å². The van der Waals surface area contributed by atoms with Crippen molar-refractivity contribution in [3.8, 4) is 10.6 Å². The predicted molar refractivity (Wildman–Crippen MR) is 92.8 cm³/mol. The number of hydrogen-bond donors (Lipinski definition) is 0. The quantitative estimate of drug-likeness (QED) is 0.724. The lowest BCUT2D eigenvalue weighted by atomic mass is 10.1. The molecule has 3 aromatic rings. The van der Waals surface area contributed by atoms with Gasteiger partial charge in [-0.2, -0.15) is 0 Å². The molecule has 1 aliphatic heterocycles. The molecule has 1 aliphatic rings. The van der Waals surface area contributed by atoms with Crippen molar-refractivity contribution < 1.29 is 9.26 Å². The first-order valence-corrected chi connectivity index (χ1v) is 8.92. The molecule has 0 bridgehead atoms. The van der Waals surface area contributed by atoms with Crippen LogP contribution in [0.2, 0.25) is 0 Å². The van der Waals surface area contributed by atoms with Crippen molar-refractivity contribution >= 4 is 11.3 Å². The third-order valence-electron chi connectivity index (χ3n) is 4.17. The Kier molecular flexibility index (Phi) is 4.42. The molecule has 3 heterocycles. The van der Waals surface area contributed by atoms with Crippen LogP contribution in [-0.2, 0) is 11.3 Å². The van der Waals surface area contributed by atoms with Gasteiger partial charge in [-0.3, -0.25) is 4.90 Å². The van der Waals surface area contributed by atoms with E-state index in [1.54, 1.807) is 11.3 Å². The molecule has 24 heavy (non-hydrogen) atoms. The summed E-state index contributed by atoms with van der Waals surface area (Å²) in [5.74, 6) is 0.842. The van der Waals surface area contributed by atoms with E-state index in [2.05, 4.69) is 27.6 Å². The van der Waals surface area contributed by atoms with Crippen LogP contribution < -0.4 is 0 Å². The highest BCUT2D eigenvalue weighted by Gasteiger charge is 2.27. The Labute approximate surface area is 144 Å². The second-order valence-electron chi connectivity index (χ2n) is 5.93. The van der Waals surface area contributed by atoms with E-state index in [9.17, 15) is 0 Å². The maximum atomic E-state index is 5.70. The Morgan fingerprint density at radius 2 is 2.17 bits per heavy atom. The lowest BCUT2D eigenvalue weighted by Gasteiger charge is -2.33. The highest BCUT2D eigenvalue weighted by molar-refractivity contribution is 7.13. The third-order valence-corrected chi connectivity index (χ3v) is 5.07. The molecule has 2 aromatic heterocycles. The Morgan fingerprint density at radius 3 is 2.96 bits per heavy atom. The average molecular weight is 341 g/mol.